The minimum atomic E-state index is -0.170. The van der Waals surface area contributed by atoms with E-state index < -0.39 is 0 Å². The van der Waals surface area contributed by atoms with Crippen LogP contribution in [0.25, 0.3) is 0 Å². The number of carbonyl (C=O) groups excluding carboxylic acids is 2. The summed E-state index contributed by atoms with van der Waals surface area (Å²) in [6.45, 7) is 5.13. The topological polar surface area (TPSA) is 40.6 Å². The first-order valence-electron chi connectivity index (χ1n) is 7.31. The summed E-state index contributed by atoms with van der Waals surface area (Å²) in [5, 5.41) is 0. The van der Waals surface area contributed by atoms with E-state index in [2.05, 4.69) is 6.07 Å². The van der Waals surface area contributed by atoms with Crippen molar-refractivity contribution in [3.63, 3.8) is 0 Å². The van der Waals surface area contributed by atoms with Crippen LogP contribution in [0.1, 0.15) is 25.3 Å². The van der Waals surface area contributed by atoms with Crippen LogP contribution in [0.4, 0.5) is 5.69 Å². The van der Waals surface area contributed by atoms with Crippen LogP contribution in [0.2, 0.25) is 0 Å². The first kappa shape index (κ1) is 14.4. The van der Waals surface area contributed by atoms with Crippen molar-refractivity contribution in [1.82, 2.24) is 4.90 Å². The highest BCUT2D eigenvalue weighted by molar-refractivity contribution is 8.02. The predicted octanol–water partition coefficient (Wildman–Crippen LogP) is 2.41. The summed E-state index contributed by atoms with van der Waals surface area (Å²) in [4.78, 5) is 27.6. The zero-order valence-electron chi connectivity index (χ0n) is 12.5. The largest absolute Gasteiger partial charge is 0.343 e. The number of nitrogens with zero attached hydrogens (tertiary/aromatic N) is 2. The summed E-state index contributed by atoms with van der Waals surface area (Å²) in [6, 6.07) is 8.13. The standard InChI is InChI=1S/C16H20N2O2S/c1-12-4-3-5-14(10-12)18-15(20)11-21-16(18)6-8-17(9-7-16)13(2)19/h3-5,10H,6-9,11H2,1-2H3. The molecule has 0 unspecified atom stereocenters. The number of thioether (sulfide) groups is 1. The summed E-state index contributed by atoms with van der Waals surface area (Å²) in [6.07, 6.45) is 1.69. The van der Waals surface area contributed by atoms with Gasteiger partial charge in [-0.05, 0) is 37.5 Å². The number of hydrogen-bond donors (Lipinski definition) is 0. The first-order valence-corrected chi connectivity index (χ1v) is 8.30. The molecule has 21 heavy (non-hydrogen) atoms. The average Bonchev–Trinajstić information content (AvgIpc) is 2.76. The molecule has 0 atom stereocenters. The minimum absolute atomic E-state index is 0.126. The molecule has 4 nitrogen and oxygen atoms in total. The predicted molar refractivity (Wildman–Crippen MR) is 85.3 cm³/mol. The molecular formula is C16H20N2O2S. The van der Waals surface area contributed by atoms with Gasteiger partial charge < -0.3 is 4.90 Å². The maximum atomic E-state index is 12.4. The van der Waals surface area contributed by atoms with Gasteiger partial charge in [-0.25, -0.2) is 0 Å². The molecule has 0 radical (unpaired) electrons. The Morgan fingerprint density at radius 1 is 1.29 bits per heavy atom. The maximum Gasteiger partial charge on any atom is 0.238 e. The summed E-state index contributed by atoms with van der Waals surface area (Å²) in [5.41, 5.74) is 2.15. The molecule has 5 heteroatoms. The number of benzene rings is 1. The number of hydrogen-bond acceptors (Lipinski definition) is 3. The van der Waals surface area contributed by atoms with Gasteiger partial charge in [0.15, 0.2) is 0 Å². The monoisotopic (exact) mass is 304 g/mol. The van der Waals surface area contributed by atoms with Crippen molar-refractivity contribution in [2.75, 3.05) is 23.7 Å². The van der Waals surface area contributed by atoms with Gasteiger partial charge in [0.2, 0.25) is 11.8 Å². The van der Waals surface area contributed by atoms with Gasteiger partial charge in [-0.2, -0.15) is 0 Å². The lowest BCUT2D eigenvalue weighted by Gasteiger charge is -2.43. The second-order valence-electron chi connectivity index (χ2n) is 5.81. The van der Waals surface area contributed by atoms with Gasteiger partial charge in [0.25, 0.3) is 0 Å². The third kappa shape index (κ3) is 2.55. The molecule has 1 spiro atoms. The molecule has 2 aliphatic rings. The number of piperidine rings is 1. The van der Waals surface area contributed by atoms with Crippen LogP contribution in [-0.2, 0) is 9.59 Å². The molecular weight excluding hydrogens is 284 g/mol. The molecule has 0 aromatic heterocycles. The van der Waals surface area contributed by atoms with E-state index in [0.29, 0.717) is 5.75 Å². The second-order valence-corrected chi connectivity index (χ2v) is 7.15. The quantitative estimate of drug-likeness (QED) is 0.800. The molecule has 0 aliphatic carbocycles. The van der Waals surface area contributed by atoms with Gasteiger partial charge in [0, 0.05) is 25.7 Å². The van der Waals surface area contributed by atoms with Gasteiger partial charge in [-0.1, -0.05) is 12.1 Å². The van der Waals surface area contributed by atoms with E-state index >= 15 is 0 Å². The highest BCUT2D eigenvalue weighted by Crippen LogP contribution is 2.46. The van der Waals surface area contributed by atoms with E-state index in [4.69, 9.17) is 0 Å². The number of rotatable bonds is 1. The molecule has 2 fully saturated rings. The van der Waals surface area contributed by atoms with Crippen LogP contribution in [0.5, 0.6) is 0 Å². The fraction of sp³-hybridized carbons (Fsp3) is 0.500. The Morgan fingerprint density at radius 3 is 2.62 bits per heavy atom. The van der Waals surface area contributed by atoms with Gasteiger partial charge >= 0.3 is 0 Å². The molecule has 1 aromatic carbocycles. The Bertz CT molecular complexity index is 579. The Hall–Kier alpha value is -1.49. The van der Waals surface area contributed by atoms with Crippen molar-refractivity contribution >= 4 is 29.3 Å². The molecule has 1 aromatic rings. The van der Waals surface area contributed by atoms with E-state index in [1.54, 1.807) is 18.7 Å². The minimum Gasteiger partial charge on any atom is -0.343 e. The van der Waals surface area contributed by atoms with E-state index in [9.17, 15) is 9.59 Å². The lowest BCUT2D eigenvalue weighted by molar-refractivity contribution is -0.129. The van der Waals surface area contributed by atoms with Crippen molar-refractivity contribution < 1.29 is 9.59 Å². The van der Waals surface area contributed by atoms with Gasteiger partial charge in [-0.15, -0.1) is 11.8 Å². The molecule has 2 heterocycles. The van der Waals surface area contributed by atoms with Gasteiger partial charge in [0.1, 0.15) is 0 Å². The number of likely N-dealkylation sites (tertiary alicyclic amines) is 1. The van der Waals surface area contributed by atoms with E-state index in [1.165, 1.54) is 0 Å². The van der Waals surface area contributed by atoms with Crippen molar-refractivity contribution in [1.29, 1.82) is 0 Å². The molecule has 2 saturated heterocycles. The third-order valence-corrected chi connectivity index (χ3v) is 5.89. The fourth-order valence-electron chi connectivity index (χ4n) is 3.24. The number of carbonyl (C=O) groups is 2. The van der Waals surface area contributed by atoms with Crippen molar-refractivity contribution in [2.24, 2.45) is 0 Å². The van der Waals surface area contributed by atoms with Crippen LogP contribution < -0.4 is 4.90 Å². The van der Waals surface area contributed by atoms with E-state index in [-0.39, 0.29) is 16.7 Å². The third-order valence-electron chi connectivity index (χ3n) is 4.37. The Morgan fingerprint density at radius 2 is 2.00 bits per heavy atom. The first-order chi connectivity index (χ1) is 10.0. The van der Waals surface area contributed by atoms with Crippen LogP contribution in [-0.4, -0.2) is 40.4 Å². The maximum absolute atomic E-state index is 12.4. The molecule has 2 amide bonds. The molecule has 0 N–H and O–H groups in total. The summed E-state index contributed by atoms with van der Waals surface area (Å²) < 4.78 is 0. The average molecular weight is 304 g/mol. The SMILES string of the molecule is CC(=O)N1CCC2(CC1)SCC(=O)N2c1cccc(C)c1. The molecule has 3 rings (SSSR count). The van der Waals surface area contributed by atoms with Gasteiger partial charge in [0.05, 0.1) is 10.6 Å². The highest BCUT2D eigenvalue weighted by Gasteiger charge is 2.48. The van der Waals surface area contributed by atoms with E-state index in [0.717, 1.165) is 37.2 Å². The van der Waals surface area contributed by atoms with Gasteiger partial charge in [-0.3, -0.25) is 14.5 Å². The second kappa shape index (κ2) is 5.37. The van der Waals surface area contributed by atoms with Crippen LogP contribution in [0.15, 0.2) is 24.3 Å². The van der Waals surface area contributed by atoms with Crippen molar-refractivity contribution in [3.05, 3.63) is 29.8 Å². The summed E-state index contributed by atoms with van der Waals surface area (Å²) in [5.74, 6) is 0.844. The zero-order valence-corrected chi connectivity index (χ0v) is 13.3. The molecule has 0 bridgehead atoms. The lowest BCUT2D eigenvalue weighted by atomic mass is 10.0. The van der Waals surface area contributed by atoms with Crippen LogP contribution in [0, 0.1) is 6.92 Å². The summed E-state index contributed by atoms with van der Waals surface area (Å²) >= 11 is 1.73. The Balaban J connectivity index is 1.88. The number of anilines is 1. The van der Waals surface area contributed by atoms with Crippen molar-refractivity contribution in [3.8, 4) is 0 Å². The van der Waals surface area contributed by atoms with Crippen molar-refractivity contribution in [2.45, 2.75) is 31.6 Å². The molecule has 2 aliphatic heterocycles. The fourth-order valence-corrected chi connectivity index (χ4v) is 4.57. The zero-order chi connectivity index (χ0) is 15.0. The normalized spacial score (nSPS) is 21.1. The number of amides is 2. The Kier molecular flexibility index (Phi) is 3.69. The summed E-state index contributed by atoms with van der Waals surface area (Å²) in [7, 11) is 0. The molecule has 0 saturated carbocycles. The highest BCUT2D eigenvalue weighted by atomic mass is 32.2. The van der Waals surface area contributed by atoms with E-state index in [1.807, 2.05) is 34.9 Å². The smallest absolute Gasteiger partial charge is 0.238 e. The number of aryl methyl sites for hydroxylation is 1. The molecule has 112 valence electrons. The van der Waals surface area contributed by atoms with Crippen LogP contribution >= 0.6 is 11.8 Å². The lowest BCUT2D eigenvalue weighted by Crippen LogP contribution is -2.52. The Labute approximate surface area is 129 Å². The van der Waals surface area contributed by atoms with Crippen LogP contribution in [0.3, 0.4) is 0 Å².